The monoisotopic (exact) mass is 374 g/mol. The van der Waals surface area contributed by atoms with Gasteiger partial charge in [-0.3, -0.25) is 0 Å². The Morgan fingerprint density at radius 1 is 1.30 bits per heavy atom. The van der Waals surface area contributed by atoms with E-state index in [-0.39, 0.29) is 11.8 Å². The number of aromatic amines is 1. The van der Waals surface area contributed by atoms with Gasteiger partial charge in [0.1, 0.15) is 5.65 Å². The van der Waals surface area contributed by atoms with Gasteiger partial charge in [0.15, 0.2) is 11.6 Å². The fourth-order valence-electron chi connectivity index (χ4n) is 2.87. The van der Waals surface area contributed by atoms with E-state index >= 15 is 0 Å². The summed E-state index contributed by atoms with van der Waals surface area (Å²) in [6, 6.07) is 1.34. The molecule has 1 saturated carbocycles. The highest BCUT2D eigenvalue weighted by molar-refractivity contribution is 5.93. The van der Waals surface area contributed by atoms with Crippen LogP contribution in [0, 0.1) is 11.7 Å². The molecule has 1 aliphatic carbocycles. The van der Waals surface area contributed by atoms with Crippen molar-refractivity contribution >= 4 is 22.8 Å². The van der Waals surface area contributed by atoms with E-state index in [9.17, 15) is 13.2 Å². The molecular weight excluding hydrogens is 357 g/mol. The normalized spacial score (nSPS) is 14.3. The average Bonchev–Trinajstić information content (AvgIpc) is 3.43. The van der Waals surface area contributed by atoms with Gasteiger partial charge >= 0.3 is 0 Å². The van der Waals surface area contributed by atoms with Crippen LogP contribution in [0.2, 0.25) is 0 Å². The lowest BCUT2D eigenvalue weighted by Crippen LogP contribution is -2.29. The standard InChI is InChI=1S/C18H17F3N6/c1-2-22-16-14(19)5-10(6-23-16)12-7-24-15-13(12)8-25-17(27-15)26-9-18(20,21)11-3-4-11/h2,5-8,11H,1,3-4,9H2,(H,22,23)(H2,24,25,26,27). The summed E-state index contributed by atoms with van der Waals surface area (Å²) in [5.74, 6) is -3.64. The number of anilines is 2. The Balaban J connectivity index is 1.57. The van der Waals surface area contributed by atoms with Crippen molar-refractivity contribution in [1.82, 2.24) is 19.9 Å². The van der Waals surface area contributed by atoms with Crippen molar-refractivity contribution in [1.29, 1.82) is 0 Å². The highest BCUT2D eigenvalue weighted by Crippen LogP contribution is 2.43. The maximum absolute atomic E-state index is 14.1. The van der Waals surface area contributed by atoms with Crippen LogP contribution in [0.1, 0.15) is 12.8 Å². The number of nitrogens with one attached hydrogen (secondary N) is 3. The third-order valence-electron chi connectivity index (χ3n) is 4.48. The number of nitrogens with zero attached hydrogens (tertiary/aromatic N) is 3. The molecule has 1 aliphatic rings. The van der Waals surface area contributed by atoms with Crippen LogP contribution in [0.3, 0.4) is 0 Å². The lowest BCUT2D eigenvalue weighted by atomic mass is 10.1. The first-order valence-electron chi connectivity index (χ1n) is 8.47. The smallest absolute Gasteiger partial charge is 0.267 e. The van der Waals surface area contributed by atoms with Gasteiger partial charge in [-0.15, -0.1) is 0 Å². The Hall–Kier alpha value is -3.10. The van der Waals surface area contributed by atoms with Crippen molar-refractivity contribution < 1.29 is 13.2 Å². The first-order chi connectivity index (χ1) is 13.0. The first kappa shape index (κ1) is 17.3. The molecule has 0 amide bonds. The minimum atomic E-state index is -2.76. The topological polar surface area (TPSA) is 78.5 Å². The Morgan fingerprint density at radius 3 is 2.81 bits per heavy atom. The molecule has 4 rings (SSSR count). The summed E-state index contributed by atoms with van der Waals surface area (Å²) in [5.41, 5.74) is 1.67. The summed E-state index contributed by atoms with van der Waals surface area (Å²) in [6.45, 7) is 2.97. The molecule has 6 nitrogen and oxygen atoms in total. The number of hydrogen-bond donors (Lipinski definition) is 3. The molecule has 0 unspecified atom stereocenters. The zero-order valence-electron chi connectivity index (χ0n) is 14.3. The molecule has 0 saturated heterocycles. The lowest BCUT2D eigenvalue weighted by Gasteiger charge is -2.15. The molecule has 9 heteroatoms. The largest absolute Gasteiger partial charge is 0.348 e. The molecule has 0 aromatic carbocycles. The molecule has 0 aliphatic heterocycles. The number of rotatable bonds is 7. The molecule has 3 heterocycles. The highest BCUT2D eigenvalue weighted by Gasteiger charge is 2.46. The van der Waals surface area contributed by atoms with Crippen LogP contribution in [-0.2, 0) is 0 Å². The zero-order valence-corrected chi connectivity index (χ0v) is 14.3. The second-order valence-electron chi connectivity index (χ2n) is 6.45. The maximum atomic E-state index is 14.1. The van der Waals surface area contributed by atoms with Crippen molar-refractivity contribution in [3.8, 4) is 11.1 Å². The quantitative estimate of drug-likeness (QED) is 0.578. The second-order valence-corrected chi connectivity index (χ2v) is 6.45. The van der Waals surface area contributed by atoms with Gasteiger partial charge in [0.05, 0.1) is 6.54 Å². The van der Waals surface area contributed by atoms with E-state index in [0.29, 0.717) is 35.0 Å². The molecule has 0 bridgehead atoms. The highest BCUT2D eigenvalue weighted by atomic mass is 19.3. The molecule has 3 aromatic heterocycles. The van der Waals surface area contributed by atoms with Crippen LogP contribution in [-0.4, -0.2) is 32.4 Å². The molecule has 0 spiro atoms. The SMILES string of the molecule is C=CNc1ncc(-c2c[nH]c3nc(NCC(F)(F)C4CC4)ncc23)cc1F. The fraction of sp³-hybridized carbons (Fsp3) is 0.278. The van der Waals surface area contributed by atoms with E-state index in [2.05, 4.69) is 37.1 Å². The van der Waals surface area contributed by atoms with Gasteiger partial charge in [0.2, 0.25) is 5.95 Å². The van der Waals surface area contributed by atoms with Gasteiger partial charge in [0.25, 0.3) is 5.92 Å². The third kappa shape index (κ3) is 3.44. The number of H-pyrrole nitrogens is 1. The molecule has 3 aromatic rings. The van der Waals surface area contributed by atoms with Crippen LogP contribution in [0.15, 0.2) is 37.4 Å². The van der Waals surface area contributed by atoms with Gasteiger partial charge in [-0.05, 0) is 25.1 Å². The van der Waals surface area contributed by atoms with E-state index in [4.69, 9.17) is 0 Å². The number of halogens is 3. The predicted molar refractivity (Wildman–Crippen MR) is 97.1 cm³/mol. The Kier molecular flexibility index (Phi) is 4.21. The van der Waals surface area contributed by atoms with E-state index < -0.39 is 24.2 Å². The molecule has 27 heavy (non-hydrogen) atoms. The summed E-state index contributed by atoms with van der Waals surface area (Å²) < 4.78 is 41.6. The number of alkyl halides is 2. The summed E-state index contributed by atoms with van der Waals surface area (Å²) in [6.07, 6.45) is 7.13. The van der Waals surface area contributed by atoms with Crippen molar-refractivity contribution in [2.45, 2.75) is 18.8 Å². The van der Waals surface area contributed by atoms with Crippen LogP contribution in [0.4, 0.5) is 24.9 Å². The van der Waals surface area contributed by atoms with Crippen LogP contribution >= 0.6 is 0 Å². The molecular formula is C18H17F3N6. The average molecular weight is 374 g/mol. The molecule has 140 valence electrons. The summed E-state index contributed by atoms with van der Waals surface area (Å²) in [7, 11) is 0. The summed E-state index contributed by atoms with van der Waals surface area (Å²) in [5, 5.41) is 5.84. The van der Waals surface area contributed by atoms with Gasteiger partial charge in [0, 0.05) is 41.0 Å². The van der Waals surface area contributed by atoms with Gasteiger partial charge in [-0.1, -0.05) is 6.58 Å². The van der Waals surface area contributed by atoms with Crippen LogP contribution < -0.4 is 10.6 Å². The van der Waals surface area contributed by atoms with Crippen molar-refractivity contribution in [2.75, 3.05) is 17.2 Å². The van der Waals surface area contributed by atoms with Gasteiger partial charge in [-0.2, -0.15) is 4.98 Å². The minimum absolute atomic E-state index is 0.0768. The molecule has 3 N–H and O–H groups in total. The van der Waals surface area contributed by atoms with E-state index in [1.165, 1.54) is 24.7 Å². The molecule has 1 fully saturated rings. The number of pyridine rings is 1. The lowest BCUT2D eigenvalue weighted by molar-refractivity contribution is -0.00831. The maximum Gasteiger partial charge on any atom is 0.267 e. The van der Waals surface area contributed by atoms with Crippen molar-refractivity contribution in [2.24, 2.45) is 5.92 Å². The summed E-state index contributed by atoms with van der Waals surface area (Å²) >= 11 is 0. The molecule has 0 radical (unpaired) electrons. The van der Waals surface area contributed by atoms with Gasteiger partial charge < -0.3 is 15.6 Å². The minimum Gasteiger partial charge on any atom is -0.348 e. The predicted octanol–water partition coefficient (Wildman–Crippen LogP) is 4.17. The Labute approximate surface area is 152 Å². The zero-order chi connectivity index (χ0) is 19.0. The van der Waals surface area contributed by atoms with Crippen LogP contribution in [0.25, 0.3) is 22.2 Å². The van der Waals surface area contributed by atoms with E-state index in [0.717, 1.165) is 0 Å². The second kappa shape index (κ2) is 6.57. The molecule has 0 atom stereocenters. The van der Waals surface area contributed by atoms with Gasteiger partial charge in [-0.25, -0.2) is 23.1 Å². The summed E-state index contributed by atoms with van der Waals surface area (Å²) in [4.78, 5) is 15.3. The fourth-order valence-corrected chi connectivity index (χ4v) is 2.87. The van der Waals surface area contributed by atoms with E-state index in [1.54, 1.807) is 6.20 Å². The Bertz CT molecular complexity index is 996. The number of aromatic nitrogens is 4. The van der Waals surface area contributed by atoms with Crippen LogP contribution in [0.5, 0.6) is 0 Å². The number of fused-ring (bicyclic) bond motifs is 1. The first-order valence-corrected chi connectivity index (χ1v) is 8.47. The number of hydrogen-bond acceptors (Lipinski definition) is 5. The van der Waals surface area contributed by atoms with Crippen molar-refractivity contribution in [3.63, 3.8) is 0 Å². The Morgan fingerprint density at radius 2 is 2.11 bits per heavy atom. The third-order valence-corrected chi connectivity index (χ3v) is 4.48. The van der Waals surface area contributed by atoms with Crippen molar-refractivity contribution in [3.05, 3.63) is 43.3 Å². The van der Waals surface area contributed by atoms with E-state index in [1.807, 2.05) is 0 Å².